The Labute approximate surface area is 133 Å². The Bertz CT molecular complexity index is 846. The first-order valence-corrected chi connectivity index (χ1v) is 7.99. The fraction of sp³-hybridized carbons (Fsp3) is 0.533. The first kappa shape index (κ1) is 14.1. The van der Waals surface area contributed by atoms with Crippen LogP contribution in [-0.2, 0) is 13.0 Å². The summed E-state index contributed by atoms with van der Waals surface area (Å²) in [6.07, 6.45) is 1.95. The predicted molar refractivity (Wildman–Crippen MR) is 85.4 cm³/mol. The highest BCUT2D eigenvalue weighted by Gasteiger charge is 2.24. The molecule has 3 aromatic heterocycles. The molecule has 0 saturated heterocycles. The van der Waals surface area contributed by atoms with Gasteiger partial charge in [0.1, 0.15) is 23.3 Å². The number of aryl methyl sites for hydroxylation is 2. The van der Waals surface area contributed by atoms with Crippen LogP contribution >= 0.6 is 0 Å². The van der Waals surface area contributed by atoms with Crippen molar-refractivity contribution in [2.24, 2.45) is 0 Å². The second-order valence-corrected chi connectivity index (χ2v) is 6.34. The minimum atomic E-state index is 0.311. The van der Waals surface area contributed by atoms with Gasteiger partial charge in [-0.15, -0.1) is 25.0 Å². The lowest BCUT2D eigenvalue weighted by molar-refractivity contribution is 0.458. The molecule has 0 bridgehead atoms. The van der Waals surface area contributed by atoms with Crippen LogP contribution in [0.5, 0.6) is 0 Å². The van der Waals surface area contributed by atoms with Crippen LogP contribution in [0.25, 0.3) is 5.65 Å². The van der Waals surface area contributed by atoms with Gasteiger partial charge in [-0.05, 0) is 25.5 Å². The zero-order valence-corrected chi connectivity index (χ0v) is 13.6. The van der Waals surface area contributed by atoms with Crippen molar-refractivity contribution >= 4 is 11.5 Å². The molecule has 8 nitrogen and oxygen atoms in total. The molecule has 0 aromatic carbocycles. The van der Waals surface area contributed by atoms with E-state index >= 15 is 0 Å². The quantitative estimate of drug-likeness (QED) is 0.790. The number of aromatic nitrogens is 7. The van der Waals surface area contributed by atoms with E-state index < -0.39 is 0 Å². The van der Waals surface area contributed by atoms with Crippen LogP contribution < -0.4 is 5.32 Å². The molecule has 0 amide bonds. The third-order valence-corrected chi connectivity index (χ3v) is 4.16. The number of hydrogen-bond donors (Lipinski definition) is 1. The van der Waals surface area contributed by atoms with Crippen LogP contribution in [0.3, 0.4) is 0 Å². The van der Waals surface area contributed by atoms with E-state index in [2.05, 4.69) is 49.1 Å². The molecule has 1 atom stereocenters. The average Bonchev–Trinajstić information content (AvgIpc) is 3.08. The SMILES string of the molecule is Cc1nc2ccc(NC3CCc4nnc(C(C)C)n4C3)nn2n1. The highest BCUT2D eigenvalue weighted by Crippen LogP contribution is 2.21. The van der Waals surface area contributed by atoms with E-state index in [-0.39, 0.29) is 0 Å². The van der Waals surface area contributed by atoms with Crippen LogP contribution in [0.2, 0.25) is 0 Å². The molecule has 8 heteroatoms. The summed E-state index contributed by atoms with van der Waals surface area (Å²) in [5, 5.41) is 20.9. The monoisotopic (exact) mass is 312 g/mol. The largest absolute Gasteiger partial charge is 0.364 e. The fourth-order valence-electron chi connectivity index (χ4n) is 3.07. The molecule has 1 unspecified atom stereocenters. The van der Waals surface area contributed by atoms with Gasteiger partial charge in [0.2, 0.25) is 0 Å². The molecule has 1 aliphatic rings. The number of rotatable bonds is 3. The Hall–Kier alpha value is -2.51. The van der Waals surface area contributed by atoms with Crippen molar-refractivity contribution in [3.05, 3.63) is 29.6 Å². The van der Waals surface area contributed by atoms with Crippen LogP contribution in [-0.4, -0.2) is 40.6 Å². The molecule has 120 valence electrons. The van der Waals surface area contributed by atoms with Crippen molar-refractivity contribution in [1.82, 2.24) is 34.6 Å². The predicted octanol–water partition coefficient (Wildman–Crippen LogP) is 1.57. The average molecular weight is 312 g/mol. The summed E-state index contributed by atoms with van der Waals surface area (Å²) >= 11 is 0. The van der Waals surface area contributed by atoms with E-state index in [0.717, 1.165) is 48.3 Å². The number of nitrogens with zero attached hydrogens (tertiary/aromatic N) is 7. The van der Waals surface area contributed by atoms with Gasteiger partial charge in [0.05, 0.1) is 0 Å². The third-order valence-electron chi connectivity index (χ3n) is 4.16. The summed E-state index contributed by atoms with van der Waals surface area (Å²) in [6, 6.07) is 4.20. The van der Waals surface area contributed by atoms with Crippen LogP contribution in [0, 0.1) is 6.92 Å². The van der Waals surface area contributed by atoms with Crippen LogP contribution in [0.1, 0.15) is 43.7 Å². The molecule has 0 saturated carbocycles. The Morgan fingerprint density at radius 1 is 1.22 bits per heavy atom. The first-order valence-electron chi connectivity index (χ1n) is 7.99. The van der Waals surface area contributed by atoms with E-state index in [0.29, 0.717) is 12.0 Å². The summed E-state index contributed by atoms with van der Waals surface area (Å²) in [5.74, 6) is 4.06. The van der Waals surface area contributed by atoms with E-state index in [4.69, 9.17) is 0 Å². The van der Waals surface area contributed by atoms with Gasteiger partial charge < -0.3 is 9.88 Å². The third kappa shape index (κ3) is 2.54. The Kier molecular flexibility index (Phi) is 3.24. The fourth-order valence-corrected chi connectivity index (χ4v) is 3.07. The van der Waals surface area contributed by atoms with Gasteiger partial charge in [-0.2, -0.15) is 0 Å². The van der Waals surface area contributed by atoms with Gasteiger partial charge in [0.25, 0.3) is 0 Å². The number of nitrogens with one attached hydrogen (secondary N) is 1. The van der Waals surface area contributed by atoms with Crippen molar-refractivity contribution < 1.29 is 0 Å². The Balaban J connectivity index is 1.55. The number of hydrogen-bond acceptors (Lipinski definition) is 6. The van der Waals surface area contributed by atoms with Gasteiger partial charge in [-0.25, -0.2) is 4.98 Å². The summed E-state index contributed by atoms with van der Waals surface area (Å²) in [7, 11) is 0. The Morgan fingerprint density at radius 2 is 2.09 bits per heavy atom. The highest BCUT2D eigenvalue weighted by molar-refractivity contribution is 5.44. The lowest BCUT2D eigenvalue weighted by atomic mass is 10.1. The maximum atomic E-state index is 4.48. The topological polar surface area (TPSA) is 85.8 Å². The smallest absolute Gasteiger partial charge is 0.176 e. The van der Waals surface area contributed by atoms with Crippen molar-refractivity contribution in [3.63, 3.8) is 0 Å². The molecule has 4 heterocycles. The van der Waals surface area contributed by atoms with Gasteiger partial charge in [0, 0.05) is 24.9 Å². The van der Waals surface area contributed by atoms with Crippen molar-refractivity contribution in [1.29, 1.82) is 0 Å². The second kappa shape index (κ2) is 5.29. The van der Waals surface area contributed by atoms with E-state index in [1.165, 1.54) is 0 Å². The molecule has 1 aliphatic heterocycles. The molecular formula is C15H20N8. The van der Waals surface area contributed by atoms with E-state index in [1.54, 1.807) is 4.63 Å². The second-order valence-electron chi connectivity index (χ2n) is 6.34. The number of anilines is 1. The van der Waals surface area contributed by atoms with Gasteiger partial charge >= 0.3 is 0 Å². The first-order chi connectivity index (χ1) is 11.1. The zero-order chi connectivity index (χ0) is 16.0. The minimum Gasteiger partial charge on any atom is -0.364 e. The normalized spacial score (nSPS) is 17.7. The molecule has 0 aliphatic carbocycles. The van der Waals surface area contributed by atoms with Gasteiger partial charge in [-0.1, -0.05) is 13.8 Å². The molecule has 1 N–H and O–H groups in total. The molecular weight excluding hydrogens is 292 g/mol. The Morgan fingerprint density at radius 3 is 2.91 bits per heavy atom. The number of fused-ring (bicyclic) bond motifs is 2. The standard InChI is InChI=1S/C15H20N8/c1-9(2)15-19-18-14-6-4-11(8-22(14)15)17-12-5-7-13-16-10(3)20-23(13)21-12/h5,7,9,11H,4,6,8H2,1-3H3,(H,17,21). The van der Waals surface area contributed by atoms with Crippen LogP contribution in [0.4, 0.5) is 5.82 Å². The lowest BCUT2D eigenvalue weighted by Gasteiger charge is -2.26. The maximum Gasteiger partial charge on any atom is 0.176 e. The van der Waals surface area contributed by atoms with E-state index in [9.17, 15) is 0 Å². The summed E-state index contributed by atoms with van der Waals surface area (Å²) < 4.78 is 3.81. The summed E-state index contributed by atoms with van der Waals surface area (Å²) in [6.45, 7) is 7.03. The minimum absolute atomic E-state index is 0.311. The molecule has 0 radical (unpaired) electrons. The summed E-state index contributed by atoms with van der Waals surface area (Å²) in [4.78, 5) is 4.30. The molecule has 23 heavy (non-hydrogen) atoms. The molecule has 3 aromatic rings. The maximum absolute atomic E-state index is 4.48. The van der Waals surface area contributed by atoms with Gasteiger partial charge in [-0.3, -0.25) is 0 Å². The highest BCUT2D eigenvalue weighted by atomic mass is 15.5. The van der Waals surface area contributed by atoms with Crippen molar-refractivity contribution in [3.8, 4) is 0 Å². The van der Waals surface area contributed by atoms with Gasteiger partial charge in [0.15, 0.2) is 5.65 Å². The zero-order valence-electron chi connectivity index (χ0n) is 13.6. The van der Waals surface area contributed by atoms with Crippen molar-refractivity contribution in [2.75, 3.05) is 5.32 Å². The van der Waals surface area contributed by atoms with E-state index in [1.807, 2.05) is 19.1 Å². The molecule has 0 spiro atoms. The lowest BCUT2D eigenvalue weighted by Crippen LogP contribution is -2.32. The van der Waals surface area contributed by atoms with Crippen molar-refractivity contribution in [2.45, 2.75) is 52.1 Å². The van der Waals surface area contributed by atoms with Crippen LogP contribution in [0.15, 0.2) is 12.1 Å². The summed E-state index contributed by atoms with van der Waals surface area (Å²) in [5.41, 5.74) is 0.764. The molecule has 0 fully saturated rings. The molecule has 4 rings (SSSR count).